The average molecular weight is 356 g/mol. The smallest absolute Gasteiger partial charge is 0.277 e. The number of thiophene rings is 1. The van der Waals surface area contributed by atoms with Gasteiger partial charge >= 0.3 is 0 Å². The first kappa shape index (κ1) is 15.1. The van der Waals surface area contributed by atoms with Gasteiger partial charge in [0.25, 0.3) is 10.8 Å². The fourth-order valence-corrected chi connectivity index (χ4v) is 3.63. The number of thioether (sulfide) groups is 1. The Morgan fingerprint density at radius 1 is 1.17 bits per heavy atom. The Morgan fingerprint density at radius 2 is 2.04 bits per heavy atom. The van der Waals surface area contributed by atoms with E-state index in [-0.39, 0.29) is 5.56 Å². The molecule has 0 saturated heterocycles. The van der Waals surface area contributed by atoms with Crippen LogP contribution in [0, 0.1) is 0 Å². The van der Waals surface area contributed by atoms with Gasteiger partial charge in [-0.25, -0.2) is 4.98 Å². The van der Waals surface area contributed by atoms with Gasteiger partial charge in [0.15, 0.2) is 0 Å². The molecule has 0 aliphatic heterocycles. The number of rotatable bonds is 5. The van der Waals surface area contributed by atoms with Gasteiger partial charge in [0.1, 0.15) is 10.5 Å². The Balaban J connectivity index is 1.45. The fraction of sp³-hybridized carbons (Fsp3) is 0.125. The molecule has 24 heavy (non-hydrogen) atoms. The van der Waals surface area contributed by atoms with Crippen LogP contribution in [0.5, 0.6) is 0 Å². The zero-order chi connectivity index (χ0) is 16.4. The molecule has 6 nitrogen and oxygen atoms in total. The fourth-order valence-electron chi connectivity index (χ4n) is 2.26. The number of nitrogens with one attached hydrogen (secondary N) is 1. The Kier molecular flexibility index (Phi) is 4.14. The maximum Gasteiger partial charge on any atom is 0.277 e. The molecule has 0 amide bonds. The van der Waals surface area contributed by atoms with Crippen molar-refractivity contribution in [2.45, 2.75) is 17.4 Å². The van der Waals surface area contributed by atoms with Crippen LogP contribution in [-0.2, 0) is 12.2 Å². The van der Waals surface area contributed by atoms with Gasteiger partial charge in [-0.3, -0.25) is 4.79 Å². The zero-order valence-electron chi connectivity index (χ0n) is 12.4. The molecule has 0 aliphatic carbocycles. The van der Waals surface area contributed by atoms with Crippen molar-refractivity contribution in [1.82, 2.24) is 20.2 Å². The molecular weight excluding hydrogens is 344 g/mol. The molecule has 120 valence electrons. The number of hydrogen-bond donors (Lipinski definition) is 1. The molecule has 0 aliphatic rings. The number of H-pyrrole nitrogens is 1. The molecule has 0 bridgehead atoms. The molecule has 0 fully saturated rings. The number of nitrogens with zero attached hydrogens (tertiary/aromatic N) is 3. The van der Waals surface area contributed by atoms with Crippen molar-refractivity contribution in [1.29, 1.82) is 0 Å². The van der Waals surface area contributed by atoms with Crippen LogP contribution in [-0.4, -0.2) is 20.2 Å². The second-order valence-electron chi connectivity index (χ2n) is 5.06. The lowest BCUT2D eigenvalue weighted by Gasteiger charge is -1.98. The Bertz CT molecular complexity index is 1020. The van der Waals surface area contributed by atoms with Gasteiger partial charge < -0.3 is 9.40 Å². The lowest BCUT2D eigenvalue weighted by molar-refractivity contribution is 0.420. The summed E-state index contributed by atoms with van der Waals surface area (Å²) >= 11 is 2.74. The van der Waals surface area contributed by atoms with Gasteiger partial charge in [0, 0.05) is 0 Å². The van der Waals surface area contributed by atoms with Crippen molar-refractivity contribution in [3.8, 4) is 0 Å². The third kappa shape index (κ3) is 3.24. The second-order valence-corrected chi connectivity index (χ2v) is 6.90. The quantitative estimate of drug-likeness (QED) is 0.553. The number of aromatic amines is 1. The minimum absolute atomic E-state index is 0.110. The Morgan fingerprint density at radius 3 is 2.92 bits per heavy atom. The maximum atomic E-state index is 11.9. The summed E-state index contributed by atoms with van der Waals surface area (Å²) < 4.78 is 6.28. The molecule has 4 rings (SSSR count). The normalized spacial score (nSPS) is 11.2. The average Bonchev–Trinajstić information content (AvgIpc) is 3.23. The van der Waals surface area contributed by atoms with Gasteiger partial charge in [-0.2, -0.15) is 0 Å². The summed E-state index contributed by atoms with van der Waals surface area (Å²) in [4.78, 5) is 19.1. The van der Waals surface area contributed by atoms with Crippen LogP contribution < -0.4 is 5.56 Å². The minimum Gasteiger partial charge on any atom is -0.416 e. The summed E-state index contributed by atoms with van der Waals surface area (Å²) in [6.45, 7) is 0. The first-order valence-corrected chi connectivity index (χ1v) is 9.10. The van der Waals surface area contributed by atoms with Crippen molar-refractivity contribution in [2.24, 2.45) is 0 Å². The molecule has 4 aromatic rings. The molecule has 0 unspecified atom stereocenters. The molecule has 0 spiro atoms. The van der Waals surface area contributed by atoms with E-state index in [4.69, 9.17) is 4.42 Å². The van der Waals surface area contributed by atoms with E-state index in [1.54, 1.807) is 0 Å². The summed E-state index contributed by atoms with van der Waals surface area (Å²) in [5.74, 6) is 1.63. The summed E-state index contributed by atoms with van der Waals surface area (Å²) in [6, 6.07) is 11.8. The molecule has 3 heterocycles. The molecule has 3 aromatic heterocycles. The van der Waals surface area contributed by atoms with Crippen LogP contribution in [0.1, 0.15) is 17.3 Å². The van der Waals surface area contributed by atoms with Crippen LogP contribution >= 0.6 is 23.1 Å². The Labute approximate surface area is 145 Å². The van der Waals surface area contributed by atoms with Crippen LogP contribution in [0.2, 0.25) is 0 Å². The van der Waals surface area contributed by atoms with Gasteiger partial charge in [-0.05, 0) is 17.0 Å². The molecule has 8 heteroatoms. The summed E-state index contributed by atoms with van der Waals surface area (Å²) in [5.41, 5.74) is 1.72. The first-order valence-electron chi connectivity index (χ1n) is 7.23. The molecule has 1 aromatic carbocycles. The third-order valence-corrected chi connectivity index (χ3v) is 5.07. The van der Waals surface area contributed by atoms with Gasteiger partial charge in [-0.1, -0.05) is 42.1 Å². The second kappa shape index (κ2) is 6.58. The zero-order valence-corrected chi connectivity index (χ0v) is 14.1. The van der Waals surface area contributed by atoms with Crippen LogP contribution in [0.25, 0.3) is 10.2 Å². The van der Waals surface area contributed by atoms with E-state index in [9.17, 15) is 4.79 Å². The number of aromatic nitrogens is 4. The first-order chi connectivity index (χ1) is 11.8. The highest BCUT2D eigenvalue weighted by molar-refractivity contribution is 7.98. The lowest BCUT2D eigenvalue weighted by atomic mass is 10.2. The summed E-state index contributed by atoms with van der Waals surface area (Å²) in [7, 11) is 0. The maximum absolute atomic E-state index is 11.9. The van der Waals surface area contributed by atoms with Crippen molar-refractivity contribution in [3.63, 3.8) is 0 Å². The molecule has 0 radical (unpaired) electrons. The highest BCUT2D eigenvalue weighted by Gasteiger charge is 2.10. The molecule has 0 atom stereocenters. The summed E-state index contributed by atoms with van der Waals surface area (Å²) in [6.07, 6.45) is 0.602. The highest BCUT2D eigenvalue weighted by Crippen LogP contribution is 2.22. The minimum atomic E-state index is -0.110. The van der Waals surface area contributed by atoms with Gasteiger partial charge in [0.05, 0.1) is 17.7 Å². The van der Waals surface area contributed by atoms with Crippen LogP contribution in [0.3, 0.4) is 0 Å². The van der Waals surface area contributed by atoms with E-state index in [2.05, 4.69) is 20.2 Å². The van der Waals surface area contributed by atoms with Crippen molar-refractivity contribution in [3.05, 3.63) is 69.4 Å². The molecular formula is C16H12N4O2S2. The SMILES string of the molecule is O=c1[nH]c(CSc2nnc(Cc3ccccc3)o2)nc2ccsc12. The third-order valence-electron chi connectivity index (χ3n) is 3.34. The van der Waals surface area contributed by atoms with Crippen molar-refractivity contribution < 1.29 is 4.42 Å². The van der Waals surface area contributed by atoms with E-state index in [1.165, 1.54) is 23.1 Å². The van der Waals surface area contributed by atoms with Crippen LogP contribution in [0.15, 0.2) is 56.2 Å². The summed E-state index contributed by atoms with van der Waals surface area (Å²) in [5, 5.41) is 10.4. The van der Waals surface area contributed by atoms with E-state index in [0.717, 1.165) is 11.1 Å². The van der Waals surface area contributed by atoms with E-state index in [0.29, 0.717) is 33.8 Å². The predicted molar refractivity (Wildman–Crippen MR) is 93.3 cm³/mol. The monoisotopic (exact) mass is 356 g/mol. The standard InChI is InChI=1S/C16H12N4O2S2/c21-15-14-11(6-7-23-14)17-12(18-15)9-24-16-20-19-13(22-16)8-10-4-2-1-3-5-10/h1-7H,8-9H2,(H,17,18,21). The lowest BCUT2D eigenvalue weighted by Crippen LogP contribution is -2.09. The largest absolute Gasteiger partial charge is 0.416 e. The van der Waals surface area contributed by atoms with Gasteiger partial charge in [-0.15, -0.1) is 21.5 Å². The predicted octanol–water partition coefficient (Wildman–Crippen LogP) is 3.25. The number of benzene rings is 1. The van der Waals surface area contributed by atoms with E-state index in [1.807, 2.05) is 41.8 Å². The van der Waals surface area contributed by atoms with E-state index >= 15 is 0 Å². The van der Waals surface area contributed by atoms with Crippen LogP contribution in [0.4, 0.5) is 0 Å². The highest BCUT2D eigenvalue weighted by atomic mass is 32.2. The van der Waals surface area contributed by atoms with Gasteiger partial charge in [0.2, 0.25) is 5.89 Å². The van der Waals surface area contributed by atoms with E-state index < -0.39 is 0 Å². The number of hydrogen-bond acceptors (Lipinski definition) is 7. The van der Waals surface area contributed by atoms with Crippen molar-refractivity contribution >= 4 is 33.3 Å². The molecule has 1 N–H and O–H groups in total. The molecule has 0 saturated carbocycles. The number of fused-ring (bicyclic) bond motifs is 1. The van der Waals surface area contributed by atoms with Crippen molar-refractivity contribution in [2.75, 3.05) is 0 Å². The Hall–Kier alpha value is -2.45. The topological polar surface area (TPSA) is 84.7 Å².